The number of amides is 1. The molecule has 0 saturated carbocycles. The first-order valence-corrected chi connectivity index (χ1v) is 6.89. The minimum atomic E-state index is -0.527. The summed E-state index contributed by atoms with van der Waals surface area (Å²) in [6.45, 7) is 7.18. The Balaban J connectivity index is 2.63. The van der Waals surface area contributed by atoms with Crippen molar-refractivity contribution >= 4 is 29.3 Å². The molecule has 0 aliphatic rings. The molecule has 108 valence electrons. The molecule has 5 heteroatoms. The van der Waals surface area contributed by atoms with Crippen LogP contribution in [0.5, 0.6) is 0 Å². The summed E-state index contributed by atoms with van der Waals surface area (Å²) in [6, 6.07) is 4.79. The van der Waals surface area contributed by atoms with Gasteiger partial charge in [0.25, 0.3) is 0 Å². The highest BCUT2D eigenvalue weighted by Gasteiger charge is 2.16. The van der Waals surface area contributed by atoms with Crippen LogP contribution in [-0.2, 0) is 4.74 Å². The van der Waals surface area contributed by atoms with E-state index in [0.29, 0.717) is 10.0 Å². The van der Waals surface area contributed by atoms with Gasteiger partial charge in [0.2, 0.25) is 0 Å². The van der Waals surface area contributed by atoms with Gasteiger partial charge in [0.15, 0.2) is 0 Å². The molecule has 0 aromatic heterocycles. The van der Waals surface area contributed by atoms with Crippen molar-refractivity contribution in [2.24, 2.45) is 0 Å². The molecule has 20 heavy (non-hydrogen) atoms. The molecule has 3 nitrogen and oxygen atoms in total. The fourth-order valence-electron chi connectivity index (χ4n) is 1.29. The fourth-order valence-corrected chi connectivity index (χ4v) is 1.58. The molecule has 0 aliphatic carbocycles. The van der Waals surface area contributed by atoms with Crippen LogP contribution in [0.4, 0.5) is 4.79 Å². The smallest absolute Gasteiger partial charge is 0.408 e. The van der Waals surface area contributed by atoms with Gasteiger partial charge in [-0.2, -0.15) is 0 Å². The lowest BCUT2D eigenvalue weighted by atomic mass is 10.2. The number of nitrogens with one attached hydrogen (secondary N) is 1. The van der Waals surface area contributed by atoms with E-state index < -0.39 is 11.7 Å². The summed E-state index contributed by atoms with van der Waals surface area (Å²) in [5, 5.41) is 3.57. The van der Waals surface area contributed by atoms with Gasteiger partial charge in [-0.15, -0.1) is 0 Å². The second kappa shape index (κ2) is 6.88. The highest BCUT2D eigenvalue weighted by Crippen LogP contribution is 2.22. The van der Waals surface area contributed by atoms with Crippen molar-refractivity contribution < 1.29 is 9.53 Å². The Morgan fingerprint density at radius 3 is 2.50 bits per heavy atom. The second-order valence-corrected chi connectivity index (χ2v) is 6.08. The van der Waals surface area contributed by atoms with Crippen LogP contribution in [-0.4, -0.2) is 17.7 Å². The lowest BCUT2D eigenvalue weighted by molar-refractivity contribution is 0.0519. The maximum Gasteiger partial charge on any atom is 0.408 e. The normalized spacial score (nSPS) is 12.1. The molecule has 0 aliphatic heterocycles. The number of benzene rings is 1. The first kappa shape index (κ1) is 16.7. The zero-order valence-corrected chi connectivity index (χ0v) is 13.4. The first-order chi connectivity index (χ1) is 9.17. The van der Waals surface area contributed by atoms with Crippen LogP contribution in [0, 0.1) is 11.8 Å². The minimum absolute atomic E-state index is 0.334. The van der Waals surface area contributed by atoms with Crippen molar-refractivity contribution in [3.63, 3.8) is 0 Å². The van der Waals surface area contributed by atoms with E-state index in [-0.39, 0.29) is 6.04 Å². The number of ether oxygens (including phenoxy) is 1. The molecule has 1 aromatic carbocycles. The van der Waals surface area contributed by atoms with Crippen molar-refractivity contribution in [2.75, 3.05) is 0 Å². The van der Waals surface area contributed by atoms with Crippen molar-refractivity contribution in [3.05, 3.63) is 33.8 Å². The number of alkyl carbamates (subject to hydrolysis) is 1. The molecule has 1 N–H and O–H groups in total. The Kier molecular flexibility index (Phi) is 5.74. The summed E-state index contributed by atoms with van der Waals surface area (Å²) >= 11 is 11.7. The molecule has 0 radical (unpaired) electrons. The number of halogens is 2. The lowest BCUT2D eigenvalue weighted by Crippen LogP contribution is -2.37. The molecule has 0 saturated heterocycles. The molecular weight excluding hydrogens is 297 g/mol. The Morgan fingerprint density at radius 1 is 1.30 bits per heavy atom. The summed E-state index contributed by atoms with van der Waals surface area (Å²) in [6.07, 6.45) is -0.492. The quantitative estimate of drug-likeness (QED) is 0.787. The van der Waals surface area contributed by atoms with Crippen molar-refractivity contribution in [3.8, 4) is 11.8 Å². The molecule has 0 heterocycles. The maximum absolute atomic E-state index is 11.5. The van der Waals surface area contributed by atoms with Gasteiger partial charge in [-0.05, 0) is 45.9 Å². The van der Waals surface area contributed by atoms with Crippen molar-refractivity contribution in [1.29, 1.82) is 0 Å². The van der Waals surface area contributed by atoms with E-state index in [9.17, 15) is 4.79 Å². The van der Waals surface area contributed by atoms with E-state index in [2.05, 4.69) is 17.2 Å². The van der Waals surface area contributed by atoms with Crippen LogP contribution in [0.15, 0.2) is 18.2 Å². The predicted octanol–water partition coefficient (Wildman–Crippen LogP) is 4.26. The van der Waals surface area contributed by atoms with Gasteiger partial charge in [-0.25, -0.2) is 4.79 Å². The van der Waals surface area contributed by atoms with Gasteiger partial charge in [0, 0.05) is 5.56 Å². The van der Waals surface area contributed by atoms with Gasteiger partial charge in [0.05, 0.1) is 16.1 Å². The predicted molar refractivity (Wildman–Crippen MR) is 82.2 cm³/mol. The van der Waals surface area contributed by atoms with Gasteiger partial charge in [-0.3, -0.25) is 0 Å². The first-order valence-electron chi connectivity index (χ1n) is 6.13. The molecule has 1 aromatic rings. The molecule has 1 amide bonds. The maximum atomic E-state index is 11.5. The van der Waals surface area contributed by atoms with E-state index in [0.717, 1.165) is 5.56 Å². The largest absolute Gasteiger partial charge is 0.444 e. The monoisotopic (exact) mass is 313 g/mol. The number of carbonyl (C=O) groups excluding carboxylic acids is 1. The van der Waals surface area contributed by atoms with E-state index >= 15 is 0 Å². The summed E-state index contributed by atoms with van der Waals surface area (Å²) in [5.74, 6) is 5.82. The summed E-state index contributed by atoms with van der Waals surface area (Å²) in [4.78, 5) is 11.5. The van der Waals surface area contributed by atoms with E-state index in [1.807, 2.05) is 0 Å². The third kappa shape index (κ3) is 6.18. The molecule has 0 fully saturated rings. The van der Waals surface area contributed by atoms with Crippen LogP contribution in [0.3, 0.4) is 0 Å². The van der Waals surface area contributed by atoms with Gasteiger partial charge < -0.3 is 10.1 Å². The van der Waals surface area contributed by atoms with Gasteiger partial charge >= 0.3 is 6.09 Å². The van der Waals surface area contributed by atoms with Crippen molar-refractivity contribution in [2.45, 2.75) is 39.3 Å². The van der Waals surface area contributed by atoms with E-state index in [1.165, 1.54) is 0 Å². The number of carbonyl (C=O) groups is 1. The summed E-state index contributed by atoms with van der Waals surface area (Å²) in [7, 11) is 0. The summed E-state index contributed by atoms with van der Waals surface area (Å²) in [5.41, 5.74) is 0.207. The highest BCUT2D eigenvalue weighted by molar-refractivity contribution is 6.42. The molecule has 1 atom stereocenters. The van der Waals surface area contributed by atoms with E-state index in [1.54, 1.807) is 45.9 Å². The Morgan fingerprint density at radius 2 is 1.95 bits per heavy atom. The van der Waals surface area contributed by atoms with Crippen LogP contribution in [0.25, 0.3) is 0 Å². The van der Waals surface area contributed by atoms with Crippen LogP contribution < -0.4 is 5.32 Å². The van der Waals surface area contributed by atoms with Crippen LogP contribution in [0.2, 0.25) is 10.0 Å². The van der Waals surface area contributed by atoms with Crippen LogP contribution >= 0.6 is 23.2 Å². The second-order valence-electron chi connectivity index (χ2n) is 5.27. The molecule has 1 rings (SSSR count). The van der Waals surface area contributed by atoms with Gasteiger partial charge in [0.1, 0.15) is 5.60 Å². The minimum Gasteiger partial charge on any atom is -0.444 e. The fraction of sp³-hybridized carbons (Fsp3) is 0.400. The van der Waals surface area contributed by atoms with E-state index in [4.69, 9.17) is 27.9 Å². The molecular formula is C15H17Cl2NO2. The van der Waals surface area contributed by atoms with Crippen molar-refractivity contribution in [1.82, 2.24) is 5.32 Å². The average molecular weight is 314 g/mol. The molecule has 0 bridgehead atoms. The third-order valence-electron chi connectivity index (χ3n) is 2.09. The topological polar surface area (TPSA) is 38.3 Å². The number of rotatable bonds is 1. The molecule has 1 unspecified atom stereocenters. The Bertz CT molecular complexity index is 553. The number of hydrogen-bond acceptors (Lipinski definition) is 2. The third-order valence-corrected chi connectivity index (χ3v) is 2.82. The lowest BCUT2D eigenvalue weighted by Gasteiger charge is -2.20. The zero-order chi connectivity index (χ0) is 15.3. The van der Waals surface area contributed by atoms with Crippen LogP contribution in [0.1, 0.15) is 33.3 Å². The highest BCUT2D eigenvalue weighted by atomic mass is 35.5. The number of hydrogen-bond donors (Lipinski definition) is 1. The summed E-state index contributed by atoms with van der Waals surface area (Å²) < 4.78 is 5.14. The Hall–Kier alpha value is -1.37. The Labute approximate surface area is 129 Å². The SMILES string of the molecule is CC(C#Cc1ccc(Cl)c(Cl)c1)NC(=O)OC(C)(C)C. The molecule has 0 spiro atoms. The van der Waals surface area contributed by atoms with Gasteiger partial charge in [-0.1, -0.05) is 35.0 Å². The average Bonchev–Trinajstić information content (AvgIpc) is 2.28. The zero-order valence-electron chi connectivity index (χ0n) is 11.9. The standard InChI is InChI=1S/C15H17Cl2NO2/c1-10(18-14(19)20-15(2,3)4)5-6-11-7-8-12(16)13(17)9-11/h7-10H,1-4H3,(H,18,19).